The molecule has 0 radical (unpaired) electrons. The number of pyridine rings is 1. The van der Waals surface area contributed by atoms with Gasteiger partial charge in [0.05, 0.1) is 0 Å². The van der Waals surface area contributed by atoms with Crippen molar-refractivity contribution in [3.8, 4) is 0 Å². The summed E-state index contributed by atoms with van der Waals surface area (Å²) in [6, 6.07) is 6.56. The van der Waals surface area contributed by atoms with E-state index in [-0.39, 0.29) is 22.7 Å². The van der Waals surface area contributed by atoms with E-state index in [1.165, 1.54) is 13.0 Å². The number of nitrogens with zero attached hydrogens (tertiary/aromatic N) is 1. The van der Waals surface area contributed by atoms with Crippen LogP contribution in [0.3, 0.4) is 0 Å². The van der Waals surface area contributed by atoms with Crippen molar-refractivity contribution >= 4 is 17.5 Å². The summed E-state index contributed by atoms with van der Waals surface area (Å²) in [7, 11) is 0. The van der Waals surface area contributed by atoms with Gasteiger partial charge in [0.25, 0.3) is 0 Å². The Morgan fingerprint density at radius 2 is 2.17 bits per heavy atom. The molecule has 5 nitrogen and oxygen atoms in total. The molecule has 0 atom stereocenters. The Bertz CT molecular complexity index is 632. The third-order valence-corrected chi connectivity index (χ3v) is 2.33. The van der Waals surface area contributed by atoms with Gasteiger partial charge >= 0.3 is 0 Å². The number of nitrogens with one attached hydrogen (secondary N) is 1. The van der Waals surface area contributed by atoms with Gasteiger partial charge in [-0.15, -0.1) is 0 Å². The maximum atomic E-state index is 11.8. The van der Waals surface area contributed by atoms with E-state index in [9.17, 15) is 9.59 Å². The van der Waals surface area contributed by atoms with E-state index >= 15 is 0 Å². The van der Waals surface area contributed by atoms with Gasteiger partial charge in [-0.1, -0.05) is 6.07 Å². The number of carbonyl (C=O) groups excluding carboxylic acids is 1. The summed E-state index contributed by atoms with van der Waals surface area (Å²) in [4.78, 5) is 27.3. The first-order valence-electron chi connectivity index (χ1n) is 5.41. The van der Waals surface area contributed by atoms with Crippen LogP contribution in [0.15, 0.2) is 39.7 Å². The quantitative estimate of drug-likeness (QED) is 0.838. The molecule has 0 aliphatic rings. The van der Waals surface area contributed by atoms with Gasteiger partial charge in [-0.3, -0.25) is 9.59 Å². The molecule has 5 heteroatoms. The molecule has 2 heterocycles. The first-order chi connectivity index (χ1) is 8.58. The van der Waals surface area contributed by atoms with Crippen LogP contribution in [0.25, 0.3) is 0 Å². The highest BCUT2D eigenvalue weighted by molar-refractivity contribution is 5.98. The van der Waals surface area contributed by atoms with Crippen LogP contribution in [-0.2, 0) is 0 Å². The van der Waals surface area contributed by atoms with Crippen LogP contribution in [0.4, 0.5) is 11.7 Å². The van der Waals surface area contributed by atoms with Gasteiger partial charge in [-0.05, 0) is 26.0 Å². The van der Waals surface area contributed by atoms with Gasteiger partial charge in [-0.2, -0.15) is 0 Å². The van der Waals surface area contributed by atoms with Crippen LogP contribution >= 0.6 is 0 Å². The summed E-state index contributed by atoms with van der Waals surface area (Å²) in [6.45, 7) is 2.97. The lowest BCUT2D eigenvalue weighted by Gasteiger charge is -2.08. The molecule has 2 aromatic heterocycles. The zero-order valence-electron chi connectivity index (χ0n) is 10.1. The molecule has 92 valence electrons. The number of ketones is 1. The van der Waals surface area contributed by atoms with Crippen molar-refractivity contribution in [2.45, 2.75) is 13.8 Å². The Kier molecular flexibility index (Phi) is 3.23. The third-order valence-electron chi connectivity index (χ3n) is 2.33. The van der Waals surface area contributed by atoms with Gasteiger partial charge in [0.1, 0.15) is 17.1 Å². The fourth-order valence-electron chi connectivity index (χ4n) is 1.58. The SMILES string of the molecule is CC(=O)c1c(Nc2ccccn2)oc(C)cc1=O. The normalized spacial score (nSPS) is 10.1. The minimum atomic E-state index is -0.357. The van der Waals surface area contributed by atoms with E-state index in [1.807, 2.05) is 0 Å². The molecular formula is C13H12N2O3. The van der Waals surface area contributed by atoms with Crippen LogP contribution in [0.5, 0.6) is 0 Å². The summed E-state index contributed by atoms with van der Waals surface area (Å²) in [5.41, 5.74) is -0.351. The number of anilines is 2. The molecule has 0 unspecified atom stereocenters. The fourth-order valence-corrected chi connectivity index (χ4v) is 1.58. The van der Waals surface area contributed by atoms with Crippen molar-refractivity contribution in [3.63, 3.8) is 0 Å². The topological polar surface area (TPSA) is 72.2 Å². The summed E-state index contributed by atoms with van der Waals surface area (Å²) in [6.07, 6.45) is 1.60. The molecule has 2 aromatic rings. The Balaban J connectivity index is 2.50. The van der Waals surface area contributed by atoms with Crippen LogP contribution in [0.2, 0.25) is 0 Å². The van der Waals surface area contributed by atoms with Gasteiger partial charge < -0.3 is 9.73 Å². The molecule has 0 aliphatic heterocycles. The summed E-state index contributed by atoms with van der Waals surface area (Å²) < 4.78 is 5.38. The minimum Gasteiger partial charge on any atom is -0.445 e. The van der Waals surface area contributed by atoms with E-state index in [1.54, 1.807) is 31.3 Å². The molecule has 2 rings (SSSR count). The van der Waals surface area contributed by atoms with Gasteiger partial charge in [0, 0.05) is 12.3 Å². The minimum absolute atomic E-state index is 0.00579. The second-order valence-corrected chi connectivity index (χ2v) is 3.82. The van der Waals surface area contributed by atoms with Crippen LogP contribution < -0.4 is 10.7 Å². The van der Waals surface area contributed by atoms with Crippen LogP contribution in [0.1, 0.15) is 23.0 Å². The monoisotopic (exact) mass is 244 g/mol. The van der Waals surface area contributed by atoms with Gasteiger partial charge in [0.2, 0.25) is 5.88 Å². The zero-order valence-corrected chi connectivity index (χ0v) is 10.1. The molecule has 0 amide bonds. The Morgan fingerprint density at radius 1 is 1.39 bits per heavy atom. The fraction of sp³-hybridized carbons (Fsp3) is 0.154. The number of rotatable bonds is 3. The van der Waals surface area contributed by atoms with E-state index in [0.29, 0.717) is 11.6 Å². The maximum absolute atomic E-state index is 11.8. The van der Waals surface area contributed by atoms with E-state index < -0.39 is 0 Å². The average molecular weight is 244 g/mol. The van der Waals surface area contributed by atoms with Crippen LogP contribution in [0, 0.1) is 6.92 Å². The highest BCUT2D eigenvalue weighted by atomic mass is 16.4. The first kappa shape index (κ1) is 12.0. The predicted molar refractivity (Wildman–Crippen MR) is 67.2 cm³/mol. The lowest BCUT2D eigenvalue weighted by molar-refractivity contribution is 0.101. The van der Waals surface area contributed by atoms with Crippen molar-refractivity contribution in [2.75, 3.05) is 5.32 Å². The third kappa shape index (κ3) is 2.45. The van der Waals surface area contributed by atoms with E-state index in [0.717, 1.165) is 0 Å². The molecule has 0 aromatic carbocycles. The summed E-state index contributed by atoms with van der Waals surface area (Å²) in [5.74, 6) is 0.727. The lowest BCUT2D eigenvalue weighted by atomic mass is 10.2. The average Bonchev–Trinajstić information content (AvgIpc) is 2.28. The van der Waals surface area contributed by atoms with Crippen LogP contribution in [-0.4, -0.2) is 10.8 Å². The first-order valence-corrected chi connectivity index (χ1v) is 5.41. The number of hydrogen-bond acceptors (Lipinski definition) is 5. The second kappa shape index (κ2) is 4.83. The van der Waals surface area contributed by atoms with Gasteiger partial charge in [-0.25, -0.2) is 4.98 Å². The molecule has 0 saturated heterocycles. The molecule has 0 saturated carbocycles. The van der Waals surface area contributed by atoms with Gasteiger partial charge in [0.15, 0.2) is 11.2 Å². The largest absolute Gasteiger partial charge is 0.445 e. The summed E-state index contributed by atoms with van der Waals surface area (Å²) >= 11 is 0. The predicted octanol–water partition coefficient (Wildman–Crippen LogP) is 2.29. The molecule has 0 spiro atoms. The van der Waals surface area contributed by atoms with Crippen molar-refractivity contribution in [1.82, 2.24) is 4.98 Å². The highest BCUT2D eigenvalue weighted by Gasteiger charge is 2.15. The van der Waals surface area contributed by atoms with Crippen molar-refractivity contribution in [1.29, 1.82) is 0 Å². The van der Waals surface area contributed by atoms with Crippen molar-refractivity contribution in [2.24, 2.45) is 0 Å². The molecule has 0 aliphatic carbocycles. The number of hydrogen-bond donors (Lipinski definition) is 1. The molecule has 1 N–H and O–H groups in total. The number of carbonyl (C=O) groups is 1. The number of aryl methyl sites for hydroxylation is 1. The standard InChI is InChI=1S/C13H12N2O3/c1-8-7-10(17)12(9(2)16)13(18-8)15-11-5-3-4-6-14-11/h3-7H,1-2H3,(H,14,15). The number of aromatic nitrogens is 1. The Hall–Kier alpha value is -2.43. The molecule has 18 heavy (non-hydrogen) atoms. The van der Waals surface area contributed by atoms with Crippen molar-refractivity contribution < 1.29 is 9.21 Å². The van der Waals surface area contributed by atoms with E-state index in [2.05, 4.69) is 10.3 Å². The maximum Gasteiger partial charge on any atom is 0.213 e. The van der Waals surface area contributed by atoms with E-state index in [4.69, 9.17) is 4.42 Å². The molecule has 0 bridgehead atoms. The molecule has 0 fully saturated rings. The Morgan fingerprint density at radius 3 is 2.78 bits per heavy atom. The lowest BCUT2D eigenvalue weighted by Crippen LogP contribution is -2.15. The Labute approximate surface area is 103 Å². The second-order valence-electron chi connectivity index (χ2n) is 3.82. The van der Waals surface area contributed by atoms with Crippen molar-refractivity contribution in [3.05, 3.63) is 52.0 Å². The number of Topliss-reactive ketones (excluding diaryl/α,β-unsaturated/α-hetero) is 1. The zero-order chi connectivity index (χ0) is 13.1. The summed E-state index contributed by atoms with van der Waals surface area (Å²) in [5, 5.41) is 2.84. The molecular weight excluding hydrogens is 232 g/mol. The smallest absolute Gasteiger partial charge is 0.213 e. The highest BCUT2D eigenvalue weighted by Crippen LogP contribution is 2.18.